The number of thioether (sulfide) groups is 1. The lowest BCUT2D eigenvalue weighted by atomic mass is 10.2. The molecule has 1 aliphatic heterocycles. The quantitative estimate of drug-likeness (QED) is 0.577. The molecular weight excluding hydrogens is 468 g/mol. The topological polar surface area (TPSA) is 68.8 Å². The van der Waals surface area contributed by atoms with Crippen LogP contribution in [0.15, 0.2) is 39.7 Å². The molecule has 0 bridgehead atoms. The number of amides is 1. The maximum atomic E-state index is 12.4. The van der Waals surface area contributed by atoms with Crippen LogP contribution in [0.2, 0.25) is 5.02 Å². The fourth-order valence-electron chi connectivity index (χ4n) is 2.62. The van der Waals surface area contributed by atoms with E-state index in [2.05, 4.69) is 26.6 Å². The van der Waals surface area contributed by atoms with E-state index in [1.807, 2.05) is 6.07 Å². The van der Waals surface area contributed by atoms with Crippen molar-refractivity contribution in [3.63, 3.8) is 0 Å². The minimum atomic E-state index is -0.356. The molecule has 1 aliphatic rings. The van der Waals surface area contributed by atoms with Crippen molar-refractivity contribution in [3.8, 4) is 17.2 Å². The molecular formula is C19H18BrClN2O4S. The highest BCUT2D eigenvalue weighted by atomic mass is 79.9. The molecule has 0 aliphatic carbocycles. The summed E-state index contributed by atoms with van der Waals surface area (Å²) in [6, 6.07) is 8.87. The summed E-state index contributed by atoms with van der Waals surface area (Å²) in [4.78, 5) is 13.0. The first-order chi connectivity index (χ1) is 13.4. The number of benzene rings is 2. The van der Waals surface area contributed by atoms with Crippen LogP contribution < -0.4 is 24.8 Å². The number of carbonyl (C=O) groups is 1. The van der Waals surface area contributed by atoms with E-state index >= 15 is 0 Å². The van der Waals surface area contributed by atoms with Crippen LogP contribution in [0.1, 0.15) is 5.56 Å². The highest BCUT2D eigenvalue weighted by molar-refractivity contribution is 9.10. The normalized spacial score (nSPS) is 17.4. The predicted molar refractivity (Wildman–Crippen MR) is 116 cm³/mol. The molecule has 0 radical (unpaired) electrons. The van der Waals surface area contributed by atoms with Gasteiger partial charge in [-0.3, -0.25) is 4.79 Å². The Hall–Kier alpha value is -2.03. The summed E-state index contributed by atoms with van der Waals surface area (Å²) < 4.78 is 16.7. The molecule has 148 valence electrons. The predicted octanol–water partition coefficient (Wildman–Crippen LogP) is 4.73. The number of nitrogens with one attached hydrogen (secondary N) is 2. The molecule has 1 unspecified atom stereocenters. The number of hydrogen-bond acceptors (Lipinski definition) is 6. The van der Waals surface area contributed by atoms with Gasteiger partial charge in [0.05, 0.1) is 31.9 Å². The second-order valence-electron chi connectivity index (χ2n) is 5.70. The molecule has 3 rings (SSSR count). The third kappa shape index (κ3) is 4.51. The molecule has 6 nitrogen and oxygen atoms in total. The molecule has 2 aromatic carbocycles. The molecule has 28 heavy (non-hydrogen) atoms. The van der Waals surface area contributed by atoms with Crippen LogP contribution in [0.25, 0.3) is 6.08 Å². The van der Waals surface area contributed by atoms with E-state index in [9.17, 15) is 4.79 Å². The molecule has 2 N–H and O–H groups in total. The van der Waals surface area contributed by atoms with Gasteiger partial charge in [-0.1, -0.05) is 39.3 Å². The van der Waals surface area contributed by atoms with E-state index in [-0.39, 0.29) is 11.4 Å². The lowest BCUT2D eigenvalue weighted by Gasteiger charge is -2.15. The molecule has 0 spiro atoms. The zero-order valence-corrected chi connectivity index (χ0v) is 18.5. The Labute approximate surface area is 180 Å². The monoisotopic (exact) mass is 484 g/mol. The van der Waals surface area contributed by atoms with Crippen molar-refractivity contribution < 1.29 is 19.0 Å². The summed E-state index contributed by atoms with van der Waals surface area (Å²) in [5.74, 6) is 1.65. The SMILES string of the molecule is COc1ccc(Cl)cc1NC1NC(=O)/C(=C/c2cc(OC)c(OC)cc2Br)S1. The Morgan fingerprint density at radius 1 is 1.11 bits per heavy atom. The summed E-state index contributed by atoms with van der Waals surface area (Å²) in [5, 5.41) is 6.69. The van der Waals surface area contributed by atoms with Crippen molar-refractivity contribution in [2.24, 2.45) is 0 Å². The van der Waals surface area contributed by atoms with Crippen LogP contribution in [0.5, 0.6) is 17.2 Å². The van der Waals surface area contributed by atoms with Gasteiger partial charge in [0, 0.05) is 9.50 Å². The molecule has 1 atom stereocenters. The fraction of sp³-hybridized carbons (Fsp3) is 0.211. The first kappa shape index (κ1) is 20.7. The number of methoxy groups -OCH3 is 3. The lowest BCUT2D eigenvalue weighted by Crippen LogP contribution is -2.31. The minimum absolute atomic E-state index is 0.176. The third-order valence-corrected chi connectivity index (χ3v) is 5.92. The molecule has 9 heteroatoms. The van der Waals surface area contributed by atoms with Gasteiger partial charge in [-0.2, -0.15) is 0 Å². The van der Waals surface area contributed by atoms with E-state index in [0.717, 1.165) is 10.0 Å². The van der Waals surface area contributed by atoms with E-state index < -0.39 is 0 Å². The minimum Gasteiger partial charge on any atom is -0.495 e. The number of rotatable bonds is 6. The van der Waals surface area contributed by atoms with Crippen molar-refractivity contribution in [3.05, 3.63) is 50.3 Å². The van der Waals surface area contributed by atoms with Gasteiger partial charge in [-0.05, 0) is 42.0 Å². The number of anilines is 1. The zero-order valence-electron chi connectivity index (χ0n) is 15.3. The van der Waals surface area contributed by atoms with Gasteiger partial charge < -0.3 is 24.8 Å². The van der Waals surface area contributed by atoms with Crippen molar-refractivity contribution in [1.82, 2.24) is 5.32 Å². The van der Waals surface area contributed by atoms with Gasteiger partial charge in [-0.25, -0.2) is 0 Å². The van der Waals surface area contributed by atoms with Gasteiger partial charge in [0.25, 0.3) is 5.91 Å². The maximum Gasteiger partial charge on any atom is 0.260 e. The Bertz CT molecular complexity index is 938. The average Bonchev–Trinajstić information content (AvgIpc) is 3.02. The van der Waals surface area contributed by atoms with Crippen LogP contribution >= 0.6 is 39.3 Å². The largest absolute Gasteiger partial charge is 0.495 e. The highest BCUT2D eigenvalue weighted by Gasteiger charge is 2.28. The summed E-state index contributed by atoms with van der Waals surface area (Å²) in [6.45, 7) is 0. The summed E-state index contributed by atoms with van der Waals surface area (Å²) in [7, 11) is 4.72. The number of carbonyl (C=O) groups excluding carboxylic acids is 1. The molecule has 2 aromatic rings. The van der Waals surface area contributed by atoms with Crippen molar-refractivity contribution in [2.75, 3.05) is 26.6 Å². The van der Waals surface area contributed by atoms with Crippen LogP contribution in [0.4, 0.5) is 5.69 Å². The van der Waals surface area contributed by atoms with Crippen LogP contribution in [0, 0.1) is 0 Å². The number of hydrogen-bond donors (Lipinski definition) is 2. The van der Waals surface area contributed by atoms with Crippen LogP contribution in [0.3, 0.4) is 0 Å². The summed E-state index contributed by atoms with van der Waals surface area (Å²) in [5.41, 5.74) is 1.14. The Morgan fingerprint density at radius 2 is 1.79 bits per heavy atom. The smallest absolute Gasteiger partial charge is 0.260 e. The van der Waals surface area contributed by atoms with Crippen LogP contribution in [-0.4, -0.2) is 32.7 Å². The third-order valence-electron chi connectivity index (χ3n) is 3.97. The molecule has 1 fully saturated rings. The van der Waals surface area contributed by atoms with Crippen LogP contribution in [-0.2, 0) is 4.79 Å². The molecule has 0 saturated carbocycles. The molecule has 1 heterocycles. The standard InChI is InChI=1S/C19H18BrClN2O4S/c1-25-14-5-4-11(21)8-13(14)22-19-23-18(24)17(28-19)7-10-6-15(26-2)16(27-3)9-12(10)20/h4-9,19,22H,1-3H3,(H,23,24)/b17-7-. The first-order valence-electron chi connectivity index (χ1n) is 8.16. The van der Waals surface area contributed by atoms with Gasteiger partial charge in [0.2, 0.25) is 0 Å². The van der Waals surface area contributed by atoms with Crippen molar-refractivity contribution in [1.29, 1.82) is 0 Å². The van der Waals surface area contributed by atoms with Crippen molar-refractivity contribution in [2.45, 2.75) is 5.50 Å². The Morgan fingerprint density at radius 3 is 2.46 bits per heavy atom. The molecule has 1 saturated heterocycles. The number of halogens is 2. The van der Waals surface area contributed by atoms with Gasteiger partial charge in [0.1, 0.15) is 5.75 Å². The summed E-state index contributed by atoms with van der Waals surface area (Å²) >= 11 is 10.9. The lowest BCUT2D eigenvalue weighted by molar-refractivity contribution is -0.116. The Kier molecular flexibility index (Phi) is 6.64. The summed E-state index contributed by atoms with van der Waals surface area (Å²) in [6.07, 6.45) is 1.79. The van der Waals surface area contributed by atoms with Gasteiger partial charge in [0.15, 0.2) is 17.0 Å². The Balaban J connectivity index is 1.83. The molecule has 0 aromatic heterocycles. The van der Waals surface area contributed by atoms with E-state index in [0.29, 0.717) is 32.9 Å². The van der Waals surface area contributed by atoms with E-state index in [4.69, 9.17) is 25.8 Å². The number of ether oxygens (including phenoxy) is 3. The average molecular weight is 486 g/mol. The van der Waals surface area contributed by atoms with E-state index in [1.54, 1.807) is 51.7 Å². The van der Waals surface area contributed by atoms with E-state index in [1.165, 1.54) is 11.8 Å². The second kappa shape index (κ2) is 8.98. The fourth-order valence-corrected chi connectivity index (χ4v) is 4.20. The highest BCUT2D eigenvalue weighted by Crippen LogP contribution is 2.38. The molecule has 1 amide bonds. The van der Waals surface area contributed by atoms with Gasteiger partial charge >= 0.3 is 0 Å². The first-order valence-corrected chi connectivity index (χ1v) is 10.2. The maximum absolute atomic E-state index is 12.4. The van der Waals surface area contributed by atoms with Gasteiger partial charge in [-0.15, -0.1) is 0 Å². The second-order valence-corrected chi connectivity index (χ2v) is 8.14. The van der Waals surface area contributed by atoms with Crippen molar-refractivity contribution >= 4 is 57.0 Å². The zero-order chi connectivity index (χ0) is 20.3.